The maximum absolute atomic E-state index is 13.4. The molecule has 2 bridgehead atoms. The topological polar surface area (TPSA) is 109 Å². The van der Waals surface area contributed by atoms with Gasteiger partial charge in [-0.2, -0.15) is 0 Å². The summed E-state index contributed by atoms with van der Waals surface area (Å²) in [6.07, 6.45) is 4.45. The summed E-state index contributed by atoms with van der Waals surface area (Å²) in [6, 6.07) is 3.94. The van der Waals surface area contributed by atoms with Gasteiger partial charge in [0.15, 0.2) is 0 Å². The Labute approximate surface area is 198 Å². The lowest BCUT2D eigenvalue weighted by molar-refractivity contribution is -0.145. The SMILES string of the molecule is CCOC(=O)CCN1C(=O)[C@@H]2[C@H]3C[C@@H]([C@@H]2C1=O)[C@@H]1[C@H](c2cccnc2)c2sc(=O)[nH]c2S[C@@H]31. The van der Waals surface area contributed by atoms with Crippen LogP contribution in [0.2, 0.25) is 0 Å². The number of esters is 1. The lowest BCUT2D eigenvalue weighted by Gasteiger charge is -2.42. The standard InChI is InChI=1S/C23H23N3O5S2/c1-2-31-13(27)5-7-26-21(28)16-11-8-12(17(16)22(26)29)18-15(11)14(10-4-3-6-24-9-10)19-20(32-18)25-23(30)33-19/h3-4,6,9,11-12,14-18H,2,5,7-8H2,1H3,(H,25,30)/t11-,12-,14+,15-,16+,17-,18+/m1/s1. The van der Waals surface area contributed by atoms with Crippen LogP contribution in [0.15, 0.2) is 34.3 Å². The fraction of sp³-hybridized carbons (Fsp3) is 0.522. The van der Waals surface area contributed by atoms with Gasteiger partial charge < -0.3 is 9.72 Å². The number of nitrogens with one attached hydrogen (secondary N) is 1. The predicted octanol–water partition coefficient (Wildman–Crippen LogP) is 2.26. The molecule has 2 aromatic rings. The average molecular weight is 486 g/mol. The monoisotopic (exact) mass is 485 g/mol. The molecule has 172 valence electrons. The number of imide groups is 1. The van der Waals surface area contributed by atoms with Gasteiger partial charge in [0.1, 0.15) is 0 Å². The van der Waals surface area contributed by atoms with E-state index in [1.807, 2.05) is 18.3 Å². The van der Waals surface area contributed by atoms with Gasteiger partial charge in [0.05, 0.1) is 29.9 Å². The zero-order valence-electron chi connectivity index (χ0n) is 17.9. The first kappa shape index (κ1) is 21.1. The number of aromatic amines is 1. The average Bonchev–Trinajstić information content (AvgIpc) is 3.52. The van der Waals surface area contributed by atoms with Gasteiger partial charge in [0, 0.05) is 35.0 Å². The van der Waals surface area contributed by atoms with Crippen LogP contribution in [0.3, 0.4) is 0 Å². The first-order valence-corrected chi connectivity index (χ1v) is 13.0. The number of ether oxygens (including phenoxy) is 1. The van der Waals surface area contributed by atoms with Crippen LogP contribution in [0.25, 0.3) is 0 Å². The number of likely N-dealkylation sites (tertiary alicyclic amines) is 1. The highest BCUT2D eigenvalue weighted by Gasteiger charge is 2.69. The Morgan fingerprint density at radius 2 is 2.03 bits per heavy atom. The maximum atomic E-state index is 13.4. The number of hydrogen-bond acceptors (Lipinski definition) is 8. The summed E-state index contributed by atoms with van der Waals surface area (Å²) in [5, 5.41) is 1.04. The van der Waals surface area contributed by atoms with Crippen molar-refractivity contribution in [2.45, 2.75) is 36.0 Å². The van der Waals surface area contributed by atoms with Crippen LogP contribution in [0, 0.1) is 29.6 Å². The number of carbonyl (C=O) groups is 3. The van der Waals surface area contributed by atoms with Crippen molar-refractivity contribution in [3.63, 3.8) is 0 Å². The van der Waals surface area contributed by atoms with Gasteiger partial charge in [-0.15, -0.1) is 11.8 Å². The third-order valence-corrected chi connectivity index (χ3v) is 10.3. The first-order valence-electron chi connectivity index (χ1n) is 11.3. The summed E-state index contributed by atoms with van der Waals surface area (Å²) in [4.78, 5) is 60.3. The summed E-state index contributed by atoms with van der Waals surface area (Å²) < 4.78 is 4.97. The maximum Gasteiger partial charge on any atom is 0.307 e. The van der Waals surface area contributed by atoms with E-state index in [9.17, 15) is 19.2 Å². The summed E-state index contributed by atoms with van der Waals surface area (Å²) in [5.41, 5.74) is 1.05. The van der Waals surface area contributed by atoms with Gasteiger partial charge >= 0.3 is 10.8 Å². The minimum Gasteiger partial charge on any atom is -0.466 e. The Balaban J connectivity index is 1.34. The van der Waals surface area contributed by atoms with Gasteiger partial charge in [0.25, 0.3) is 0 Å². The second-order valence-corrected chi connectivity index (χ2v) is 11.3. The van der Waals surface area contributed by atoms with E-state index in [0.29, 0.717) is 0 Å². The molecule has 3 fully saturated rings. The number of amides is 2. The number of pyridine rings is 1. The van der Waals surface area contributed by atoms with Gasteiger partial charge in [-0.3, -0.25) is 29.1 Å². The van der Waals surface area contributed by atoms with E-state index >= 15 is 0 Å². The van der Waals surface area contributed by atoms with Gasteiger partial charge in [-0.25, -0.2) is 0 Å². The summed E-state index contributed by atoms with van der Waals surface area (Å²) >= 11 is 2.91. The number of carbonyl (C=O) groups excluding carboxylic acids is 3. The molecule has 2 aromatic heterocycles. The lowest BCUT2D eigenvalue weighted by atomic mass is 9.68. The van der Waals surface area contributed by atoms with E-state index in [0.717, 1.165) is 21.9 Å². The van der Waals surface area contributed by atoms with Crippen molar-refractivity contribution < 1.29 is 19.1 Å². The minimum absolute atomic E-state index is 0.0173. The van der Waals surface area contributed by atoms with Crippen molar-refractivity contribution >= 4 is 40.9 Å². The molecule has 2 amide bonds. The van der Waals surface area contributed by atoms with Gasteiger partial charge in [-0.05, 0) is 42.7 Å². The van der Waals surface area contributed by atoms with Crippen LogP contribution in [0.4, 0.5) is 0 Å². The molecule has 0 spiro atoms. The molecular formula is C23H23N3O5S2. The van der Waals surface area contributed by atoms with Crippen LogP contribution >= 0.6 is 23.1 Å². The molecule has 33 heavy (non-hydrogen) atoms. The first-order chi connectivity index (χ1) is 16.0. The Morgan fingerprint density at radius 1 is 1.24 bits per heavy atom. The molecule has 0 radical (unpaired) electrons. The van der Waals surface area contributed by atoms with Crippen LogP contribution in [0.1, 0.15) is 36.1 Å². The number of fused-ring (bicyclic) bond motifs is 9. The van der Waals surface area contributed by atoms with E-state index in [2.05, 4.69) is 9.97 Å². The van der Waals surface area contributed by atoms with E-state index < -0.39 is 5.97 Å². The molecule has 0 unspecified atom stereocenters. The quantitative estimate of drug-likeness (QED) is 0.511. The van der Waals surface area contributed by atoms with Crippen LogP contribution < -0.4 is 4.87 Å². The largest absolute Gasteiger partial charge is 0.466 e. The second kappa shape index (κ2) is 7.80. The summed E-state index contributed by atoms with van der Waals surface area (Å²) in [7, 11) is 0. The Bertz CT molecular complexity index is 1190. The summed E-state index contributed by atoms with van der Waals surface area (Å²) in [5.74, 6) is -1.09. The predicted molar refractivity (Wildman–Crippen MR) is 121 cm³/mol. The van der Waals surface area contributed by atoms with Crippen LogP contribution in [-0.4, -0.2) is 51.1 Å². The zero-order chi connectivity index (χ0) is 22.9. The Morgan fingerprint density at radius 3 is 2.76 bits per heavy atom. The normalized spacial score (nSPS) is 33.7. The van der Waals surface area contributed by atoms with Crippen molar-refractivity contribution in [2.75, 3.05) is 13.2 Å². The number of aromatic nitrogens is 2. The minimum atomic E-state index is -0.396. The molecule has 7 atom stereocenters. The number of rotatable bonds is 5. The molecule has 10 heteroatoms. The highest BCUT2D eigenvalue weighted by atomic mass is 32.2. The molecular weight excluding hydrogens is 462 g/mol. The number of hydrogen-bond donors (Lipinski definition) is 1. The Hall–Kier alpha value is -2.46. The number of thioether (sulfide) groups is 1. The third kappa shape index (κ3) is 3.06. The second-order valence-electron chi connectivity index (χ2n) is 9.13. The van der Waals surface area contributed by atoms with Crippen LogP contribution in [-0.2, 0) is 19.1 Å². The van der Waals surface area contributed by atoms with E-state index in [1.54, 1.807) is 24.9 Å². The van der Waals surface area contributed by atoms with Crippen molar-refractivity contribution in [2.24, 2.45) is 29.6 Å². The molecule has 2 aliphatic carbocycles. The Kier molecular flexibility index (Phi) is 4.99. The van der Waals surface area contributed by atoms with Crippen LogP contribution in [0.5, 0.6) is 0 Å². The fourth-order valence-corrected chi connectivity index (χ4v) is 9.56. The zero-order valence-corrected chi connectivity index (χ0v) is 19.6. The number of H-pyrrole nitrogens is 1. The van der Waals surface area contributed by atoms with Crippen molar-refractivity contribution in [1.29, 1.82) is 0 Å². The highest BCUT2D eigenvalue weighted by molar-refractivity contribution is 8.00. The smallest absolute Gasteiger partial charge is 0.307 e. The molecule has 2 saturated carbocycles. The molecule has 6 rings (SSSR count). The lowest BCUT2D eigenvalue weighted by Crippen LogP contribution is -2.42. The molecule has 0 aromatic carbocycles. The molecule has 8 nitrogen and oxygen atoms in total. The van der Waals surface area contributed by atoms with E-state index in [-0.39, 0.29) is 77.0 Å². The third-order valence-electron chi connectivity index (χ3n) is 7.70. The van der Waals surface area contributed by atoms with Crippen molar-refractivity contribution in [1.82, 2.24) is 14.9 Å². The van der Waals surface area contributed by atoms with E-state index in [1.165, 1.54) is 16.2 Å². The fourth-order valence-electron chi connectivity index (χ4n) is 6.67. The highest BCUT2D eigenvalue weighted by Crippen LogP contribution is 2.68. The van der Waals surface area contributed by atoms with Gasteiger partial charge in [0.2, 0.25) is 11.8 Å². The van der Waals surface area contributed by atoms with Gasteiger partial charge in [-0.1, -0.05) is 17.4 Å². The molecule has 1 N–H and O–H groups in total. The molecule has 1 saturated heterocycles. The number of thiazole rings is 1. The van der Waals surface area contributed by atoms with Crippen molar-refractivity contribution in [3.05, 3.63) is 44.6 Å². The molecule has 2 aliphatic heterocycles. The molecule has 4 heterocycles. The number of nitrogens with zero attached hydrogens (tertiary/aromatic N) is 2. The van der Waals surface area contributed by atoms with E-state index in [4.69, 9.17) is 4.74 Å². The molecule has 4 aliphatic rings. The van der Waals surface area contributed by atoms with Crippen molar-refractivity contribution in [3.8, 4) is 0 Å². The summed E-state index contributed by atoms with van der Waals surface area (Å²) in [6.45, 7) is 2.09.